The Morgan fingerprint density at radius 3 is 2.75 bits per heavy atom. The Balaban J connectivity index is 0.00000392. The first kappa shape index (κ1) is 24.3. The quantitative estimate of drug-likeness (QED) is 0.337. The molecule has 0 radical (unpaired) electrons. The molecule has 1 aliphatic rings. The summed E-state index contributed by atoms with van der Waals surface area (Å²) in [5, 5.41) is 6.75. The molecule has 1 saturated heterocycles. The van der Waals surface area contributed by atoms with Gasteiger partial charge in [0.25, 0.3) is 0 Å². The molecule has 9 heteroatoms. The molecule has 0 unspecified atom stereocenters. The van der Waals surface area contributed by atoms with Crippen LogP contribution in [0, 0.1) is 0 Å². The van der Waals surface area contributed by atoms with Gasteiger partial charge in [0.15, 0.2) is 5.96 Å². The zero-order valence-corrected chi connectivity index (χ0v) is 19.3. The Morgan fingerprint density at radius 2 is 2.11 bits per heavy atom. The van der Waals surface area contributed by atoms with E-state index in [1.807, 2.05) is 19.1 Å². The molecular weight excluding hydrogens is 473 g/mol. The highest BCUT2D eigenvalue weighted by Gasteiger charge is 2.24. The van der Waals surface area contributed by atoms with E-state index in [1.54, 1.807) is 18.1 Å². The van der Waals surface area contributed by atoms with E-state index in [0.717, 1.165) is 30.8 Å². The predicted octanol–water partition coefficient (Wildman–Crippen LogP) is 2.77. The molecule has 0 atom stereocenters. The number of nitrogens with zero attached hydrogens (tertiary/aromatic N) is 3. The Labute approximate surface area is 184 Å². The van der Waals surface area contributed by atoms with Gasteiger partial charge in [0.2, 0.25) is 5.88 Å². The molecule has 1 aliphatic heterocycles. The van der Waals surface area contributed by atoms with Crippen molar-refractivity contribution in [3.8, 4) is 5.88 Å². The van der Waals surface area contributed by atoms with Crippen LogP contribution in [0.3, 0.4) is 0 Å². The topological polar surface area (TPSA) is 88.1 Å². The maximum absolute atomic E-state index is 11.8. The number of rotatable bonds is 7. The van der Waals surface area contributed by atoms with Gasteiger partial charge in [-0.15, -0.1) is 24.0 Å². The summed E-state index contributed by atoms with van der Waals surface area (Å²) in [4.78, 5) is 22.1. The number of likely N-dealkylation sites (tertiary alicyclic amines) is 1. The first-order valence-corrected chi connectivity index (χ1v) is 9.63. The summed E-state index contributed by atoms with van der Waals surface area (Å²) in [6, 6.07) is 4.17. The Hall–Kier alpha value is -1.78. The van der Waals surface area contributed by atoms with Crippen LogP contribution < -0.4 is 15.4 Å². The molecule has 0 aliphatic carbocycles. The number of amides is 1. The second kappa shape index (κ2) is 13.4. The van der Waals surface area contributed by atoms with Crippen molar-refractivity contribution < 1.29 is 14.3 Å². The van der Waals surface area contributed by atoms with Crippen LogP contribution in [0.2, 0.25) is 0 Å². The van der Waals surface area contributed by atoms with Gasteiger partial charge in [0.1, 0.15) is 0 Å². The normalized spacial score (nSPS) is 14.8. The molecule has 2 heterocycles. The van der Waals surface area contributed by atoms with Crippen molar-refractivity contribution in [1.29, 1.82) is 0 Å². The molecule has 1 aromatic heterocycles. The molecule has 0 saturated carbocycles. The lowest BCUT2D eigenvalue weighted by atomic mass is 10.1. The molecule has 1 amide bonds. The first-order chi connectivity index (χ1) is 13.2. The number of guanidine groups is 1. The summed E-state index contributed by atoms with van der Waals surface area (Å²) in [6.07, 6.45) is 4.17. The Bertz CT molecular complexity index is 621. The van der Waals surface area contributed by atoms with Crippen molar-refractivity contribution >= 4 is 36.0 Å². The molecule has 1 fully saturated rings. The van der Waals surface area contributed by atoms with Gasteiger partial charge in [0, 0.05) is 44.5 Å². The van der Waals surface area contributed by atoms with Crippen molar-refractivity contribution in [2.24, 2.45) is 4.99 Å². The summed E-state index contributed by atoms with van der Waals surface area (Å²) >= 11 is 0. The van der Waals surface area contributed by atoms with E-state index in [2.05, 4.69) is 27.5 Å². The first-order valence-electron chi connectivity index (χ1n) is 9.63. The standard InChI is InChI=1S/C19H31N5O3.HI/c1-4-13-27-17-15(7-6-10-21-17)14-22-18(20-3)23-16-8-11-24(12-9-16)19(25)26-5-2;/h6-7,10,16H,4-5,8-9,11-14H2,1-3H3,(H2,20,22,23);1H. The highest BCUT2D eigenvalue weighted by atomic mass is 127. The van der Waals surface area contributed by atoms with Crippen LogP contribution in [-0.2, 0) is 11.3 Å². The van der Waals surface area contributed by atoms with Gasteiger partial charge in [-0.05, 0) is 32.3 Å². The van der Waals surface area contributed by atoms with E-state index < -0.39 is 0 Å². The number of aromatic nitrogens is 1. The fourth-order valence-electron chi connectivity index (χ4n) is 2.88. The van der Waals surface area contributed by atoms with E-state index in [9.17, 15) is 4.79 Å². The lowest BCUT2D eigenvalue weighted by molar-refractivity contribution is 0.0963. The number of aliphatic imine (C=N–C) groups is 1. The van der Waals surface area contributed by atoms with E-state index in [0.29, 0.717) is 38.7 Å². The van der Waals surface area contributed by atoms with E-state index in [1.165, 1.54) is 0 Å². The van der Waals surface area contributed by atoms with Crippen molar-refractivity contribution in [1.82, 2.24) is 20.5 Å². The maximum Gasteiger partial charge on any atom is 0.409 e. The van der Waals surface area contributed by atoms with Gasteiger partial charge in [-0.1, -0.05) is 13.0 Å². The summed E-state index contributed by atoms with van der Waals surface area (Å²) in [5.74, 6) is 1.39. The van der Waals surface area contributed by atoms with Gasteiger partial charge >= 0.3 is 6.09 Å². The zero-order valence-electron chi connectivity index (χ0n) is 16.9. The molecule has 0 aromatic carbocycles. The SMILES string of the molecule is CCCOc1ncccc1CNC(=NC)NC1CCN(C(=O)OCC)CC1.I. The minimum atomic E-state index is -0.227. The number of carbonyl (C=O) groups excluding carboxylic acids is 1. The molecule has 158 valence electrons. The molecule has 2 rings (SSSR count). The number of nitrogens with one attached hydrogen (secondary N) is 2. The number of pyridine rings is 1. The van der Waals surface area contributed by atoms with Gasteiger partial charge in [0.05, 0.1) is 13.2 Å². The highest BCUT2D eigenvalue weighted by molar-refractivity contribution is 14.0. The third-order valence-electron chi connectivity index (χ3n) is 4.32. The molecular formula is C19H32IN5O3. The molecule has 0 bridgehead atoms. The van der Waals surface area contributed by atoms with Gasteiger partial charge in [-0.3, -0.25) is 4.99 Å². The summed E-state index contributed by atoms with van der Waals surface area (Å²) in [7, 11) is 1.75. The summed E-state index contributed by atoms with van der Waals surface area (Å²) < 4.78 is 10.8. The van der Waals surface area contributed by atoms with Gasteiger partial charge < -0.3 is 25.0 Å². The monoisotopic (exact) mass is 505 g/mol. The smallest absolute Gasteiger partial charge is 0.409 e. The number of hydrogen-bond acceptors (Lipinski definition) is 5. The van der Waals surface area contributed by atoms with E-state index >= 15 is 0 Å². The summed E-state index contributed by atoms with van der Waals surface area (Å²) in [5.41, 5.74) is 0.992. The maximum atomic E-state index is 11.8. The third-order valence-corrected chi connectivity index (χ3v) is 4.32. The molecule has 2 N–H and O–H groups in total. The van der Waals surface area contributed by atoms with Crippen molar-refractivity contribution in [2.75, 3.05) is 33.4 Å². The van der Waals surface area contributed by atoms with Crippen LogP contribution >= 0.6 is 24.0 Å². The van der Waals surface area contributed by atoms with Crippen LogP contribution in [0.5, 0.6) is 5.88 Å². The van der Waals surface area contributed by atoms with Crippen molar-refractivity contribution in [3.05, 3.63) is 23.9 Å². The lowest BCUT2D eigenvalue weighted by Crippen LogP contribution is -2.49. The second-order valence-corrected chi connectivity index (χ2v) is 6.35. The third kappa shape index (κ3) is 7.69. The second-order valence-electron chi connectivity index (χ2n) is 6.35. The molecule has 1 aromatic rings. The van der Waals surface area contributed by atoms with E-state index in [-0.39, 0.29) is 36.1 Å². The van der Waals surface area contributed by atoms with Crippen LogP contribution in [0.25, 0.3) is 0 Å². The molecule has 8 nitrogen and oxygen atoms in total. The van der Waals surface area contributed by atoms with Gasteiger partial charge in [-0.2, -0.15) is 0 Å². The predicted molar refractivity (Wildman–Crippen MR) is 120 cm³/mol. The lowest BCUT2D eigenvalue weighted by Gasteiger charge is -2.32. The van der Waals surface area contributed by atoms with E-state index in [4.69, 9.17) is 9.47 Å². The Kier molecular flexibility index (Phi) is 11.6. The highest BCUT2D eigenvalue weighted by Crippen LogP contribution is 2.15. The number of carbonyl (C=O) groups is 1. The fourth-order valence-corrected chi connectivity index (χ4v) is 2.88. The number of hydrogen-bond donors (Lipinski definition) is 2. The molecule has 28 heavy (non-hydrogen) atoms. The molecule has 0 spiro atoms. The average molecular weight is 505 g/mol. The fraction of sp³-hybridized carbons (Fsp3) is 0.632. The number of ether oxygens (including phenoxy) is 2. The summed E-state index contributed by atoms with van der Waals surface area (Å²) in [6.45, 7) is 6.90. The number of halogens is 1. The minimum absolute atomic E-state index is 0. The largest absolute Gasteiger partial charge is 0.477 e. The zero-order chi connectivity index (χ0) is 19.5. The Morgan fingerprint density at radius 1 is 1.36 bits per heavy atom. The van der Waals surface area contributed by atoms with Crippen LogP contribution in [0.1, 0.15) is 38.7 Å². The average Bonchev–Trinajstić information content (AvgIpc) is 2.70. The minimum Gasteiger partial charge on any atom is -0.477 e. The van der Waals surface area contributed by atoms with Gasteiger partial charge in [-0.25, -0.2) is 9.78 Å². The number of piperidine rings is 1. The van der Waals surface area contributed by atoms with Crippen molar-refractivity contribution in [2.45, 2.75) is 45.7 Å². The van der Waals surface area contributed by atoms with Crippen LogP contribution in [0.4, 0.5) is 4.79 Å². The van der Waals surface area contributed by atoms with Crippen LogP contribution in [-0.4, -0.2) is 61.3 Å². The van der Waals surface area contributed by atoms with Crippen LogP contribution in [0.15, 0.2) is 23.3 Å². The van der Waals surface area contributed by atoms with Crippen molar-refractivity contribution in [3.63, 3.8) is 0 Å².